The van der Waals surface area contributed by atoms with Gasteiger partial charge in [-0.1, -0.05) is 12.1 Å². The molecule has 3 rings (SSSR count). The molecule has 0 fully saturated rings. The zero-order valence-electron chi connectivity index (χ0n) is 14.5. The fourth-order valence-electron chi connectivity index (χ4n) is 2.74. The number of amides is 1. The van der Waals surface area contributed by atoms with E-state index in [0.717, 1.165) is 12.1 Å². The summed E-state index contributed by atoms with van der Waals surface area (Å²) in [6, 6.07) is 6.55. The molecule has 1 atom stereocenters. The Morgan fingerprint density at radius 3 is 2.80 bits per heavy atom. The SMILES string of the molecule is Cc1ncsc1CCN(C)C(=O)C(C)n1cnc2ccccc2c1=O. The molecule has 2 heterocycles. The van der Waals surface area contributed by atoms with Gasteiger partial charge in [0.1, 0.15) is 6.04 Å². The van der Waals surface area contributed by atoms with Crippen LogP contribution in [0.5, 0.6) is 0 Å². The second-order valence-electron chi connectivity index (χ2n) is 6.02. The number of fused-ring (bicyclic) bond motifs is 1. The van der Waals surface area contributed by atoms with E-state index in [4.69, 9.17) is 0 Å². The molecule has 0 aliphatic carbocycles. The predicted molar refractivity (Wildman–Crippen MR) is 98.9 cm³/mol. The van der Waals surface area contributed by atoms with E-state index in [-0.39, 0.29) is 11.5 Å². The zero-order valence-corrected chi connectivity index (χ0v) is 15.3. The minimum absolute atomic E-state index is 0.110. The monoisotopic (exact) mass is 356 g/mol. The number of hydrogen-bond donors (Lipinski definition) is 0. The average Bonchev–Trinajstić information content (AvgIpc) is 3.04. The number of benzene rings is 1. The van der Waals surface area contributed by atoms with Crippen molar-refractivity contribution in [2.24, 2.45) is 0 Å². The normalized spacial score (nSPS) is 12.3. The van der Waals surface area contributed by atoms with Crippen molar-refractivity contribution in [3.05, 3.63) is 57.0 Å². The average molecular weight is 356 g/mol. The van der Waals surface area contributed by atoms with Gasteiger partial charge in [-0.3, -0.25) is 14.2 Å². The standard InChI is InChI=1S/C18H20N4O2S/c1-12-16(25-11-20-12)8-9-21(3)17(23)13(2)22-10-19-15-7-5-4-6-14(15)18(22)24/h4-7,10-11,13H,8-9H2,1-3H3. The Bertz CT molecular complexity index is 963. The van der Waals surface area contributed by atoms with Gasteiger partial charge >= 0.3 is 0 Å². The molecule has 1 unspecified atom stereocenters. The maximum Gasteiger partial charge on any atom is 0.261 e. The molecule has 0 saturated heterocycles. The second kappa shape index (κ2) is 7.14. The molecule has 3 aromatic rings. The van der Waals surface area contributed by atoms with Crippen molar-refractivity contribution in [2.75, 3.05) is 13.6 Å². The van der Waals surface area contributed by atoms with Crippen LogP contribution >= 0.6 is 11.3 Å². The van der Waals surface area contributed by atoms with E-state index in [1.807, 2.05) is 18.5 Å². The van der Waals surface area contributed by atoms with Crippen LogP contribution < -0.4 is 5.56 Å². The number of aryl methyl sites for hydroxylation is 1. The Labute approximate surface area is 149 Å². The van der Waals surface area contributed by atoms with E-state index < -0.39 is 6.04 Å². The molecule has 130 valence electrons. The van der Waals surface area contributed by atoms with Crippen LogP contribution in [0.15, 0.2) is 40.9 Å². The van der Waals surface area contributed by atoms with Gasteiger partial charge in [0.15, 0.2) is 0 Å². The molecule has 0 aliphatic rings. The molecular weight excluding hydrogens is 336 g/mol. The highest BCUT2D eigenvalue weighted by atomic mass is 32.1. The minimum Gasteiger partial charge on any atom is -0.344 e. The third kappa shape index (κ3) is 3.46. The van der Waals surface area contributed by atoms with Gasteiger partial charge in [0, 0.05) is 24.9 Å². The van der Waals surface area contributed by atoms with Gasteiger partial charge in [-0.25, -0.2) is 9.97 Å². The van der Waals surface area contributed by atoms with Crippen molar-refractivity contribution < 1.29 is 4.79 Å². The first-order valence-electron chi connectivity index (χ1n) is 8.09. The Hall–Kier alpha value is -2.54. The Kier molecular flexibility index (Phi) is 4.94. The fourth-order valence-corrected chi connectivity index (χ4v) is 3.51. The lowest BCUT2D eigenvalue weighted by molar-refractivity contribution is -0.133. The highest BCUT2D eigenvalue weighted by Crippen LogP contribution is 2.15. The summed E-state index contributed by atoms with van der Waals surface area (Å²) in [5.41, 5.74) is 3.26. The quantitative estimate of drug-likeness (QED) is 0.704. The molecule has 7 heteroatoms. The minimum atomic E-state index is -0.600. The molecule has 0 aliphatic heterocycles. The van der Waals surface area contributed by atoms with Crippen LogP contribution in [0.4, 0.5) is 0 Å². The highest BCUT2D eigenvalue weighted by molar-refractivity contribution is 7.09. The van der Waals surface area contributed by atoms with Crippen molar-refractivity contribution >= 4 is 28.1 Å². The molecule has 2 aromatic heterocycles. The number of thiazole rings is 1. The van der Waals surface area contributed by atoms with Gasteiger partial charge in [0.05, 0.1) is 28.4 Å². The van der Waals surface area contributed by atoms with Crippen molar-refractivity contribution in [3.8, 4) is 0 Å². The Morgan fingerprint density at radius 1 is 1.32 bits per heavy atom. The Morgan fingerprint density at radius 2 is 2.08 bits per heavy atom. The van der Waals surface area contributed by atoms with E-state index in [1.54, 1.807) is 48.4 Å². The lowest BCUT2D eigenvalue weighted by Crippen LogP contribution is -2.38. The number of para-hydroxylation sites is 1. The second-order valence-corrected chi connectivity index (χ2v) is 6.96. The molecular formula is C18H20N4O2S. The summed E-state index contributed by atoms with van der Waals surface area (Å²) in [5, 5.41) is 0.521. The summed E-state index contributed by atoms with van der Waals surface area (Å²) >= 11 is 1.60. The van der Waals surface area contributed by atoms with Crippen molar-refractivity contribution in [3.63, 3.8) is 0 Å². The number of carbonyl (C=O) groups excluding carboxylic acids is 1. The van der Waals surface area contributed by atoms with Gasteiger partial charge in [0.25, 0.3) is 5.56 Å². The van der Waals surface area contributed by atoms with Gasteiger partial charge in [0.2, 0.25) is 5.91 Å². The fraction of sp³-hybridized carbons (Fsp3) is 0.333. The van der Waals surface area contributed by atoms with E-state index in [0.29, 0.717) is 17.4 Å². The third-order valence-electron chi connectivity index (χ3n) is 4.36. The summed E-state index contributed by atoms with van der Waals surface area (Å²) in [4.78, 5) is 36.7. The first kappa shape index (κ1) is 17.3. The molecule has 1 amide bonds. The first-order valence-corrected chi connectivity index (χ1v) is 8.97. The van der Waals surface area contributed by atoms with Crippen LogP contribution in [0.2, 0.25) is 0 Å². The number of likely N-dealkylation sites (N-methyl/N-ethyl adjacent to an activating group) is 1. The molecule has 1 aromatic carbocycles. The number of rotatable bonds is 5. The highest BCUT2D eigenvalue weighted by Gasteiger charge is 2.21. The molecule has 6 nitrogen and oxygen atoms in total. The number of carbonyl (C=O) groups is 1. The van der Waals surface area contributed by atoms with Crippen molar-refractivity contribution in [1.29, 1.82) is 0 Å². The van der Waals surface area contributed by atoms with Gasteiger partial charge < -0.3 is 4.90 Å². The van der Waals surface area contributed by atoms with Crippen molar-refractivity contribution in [2.45, 2.75) is 26.3 Å². The van der Waals surface area contributed by atoms with Crippen LogP contribution in [0, 0.1) is 6.92 Å². The van der Waals surface area contributed by atoms with Gasteiger partial charge in [-0.15, -0.1) is 11.3 Å². The number of nitrogens with zero attached hydrogens (tertiary/aromatic N) is 4. The van der Waals surface area contributed by atoms with E-state index in [1.165, 1.54) is 15.8 Å². The van der Waals surface area contributed by atoms with Crippen LogP contribution in [-0.2, 0) is 11.2 Å². The Balaban J connectivity index is 1.76. The predicted octanol–water partition coefficient (Wildman–Crippen LogP) is 2.42. The summed E-state index contributed by atoms with van der Waals surface area (Å²) < 4.78 is 1.40. The molecule has 0 spiro atoms. The molecule has 0 bridgehead atoms. The number of hydrogen-bond acceptors (Lipinski definition) is 5. The topological polar surface area (TPSA) is 68.1 Å². The van der Waals surface area contributed by atoms with Gasteiger partial charge in [-0.05, 0) is 26.0 Å². The maximum atomic E-state index is 12.7. The summed E-state index contributed by atoms with van der Waals surface area (Å²) in [7, 11) is 1.76. The van der Waals surface area contributed by atoms with Gasteiger partial charge in [-0.2, -0.15) is 0 Å². The smallest absolute Gasteiger partial charge is 0.261 e. The lowest BCUT2D eigenvalue weighted by Gasteiger charge is -2.22. The molecule has 0 saturated carbocycles. The van der Waals surface area contributed by atoms with E-state index in [2.05, 4.69) is 9.97 Å². The maximum absolute atomic E-state index is 12.7. The van der Waals surface area contributed by atoms with Crippen molar-refractivity contribution in [1.82, 2.24) is 19.4 Å². The zero-order chi connectivity index (χ0) is 18.0. The third-order valence-corrected chi connectivity index (χ3v) is 5.36. The molecule has 0 N–H and O–H groups in total. The van der Waals surface area contributed by atoms with Crippen LogP contribution in [0.25, 0.3) is 10.9 Å². The first-order chi connectivity index (χ1) is 12.0. The number of aromatic nitrogens is 3. The van der Waals surface area contributed by atoms with E-state index >= 15 is 0 Å². The van der Waals surface area contributed by atoms with Crippen LogP contribution in [0.1, 0.15) is 23.5 Å². The molecule has 0 radical (unpaired) electrons. The lowest BCUT2D eigenvalue weighted by atomic mass is 10.2. The van der Waals surface area contributed by atoms with Crippen LogP contribution in [0.3, 0.4) is 0 Å². The summed E-state index contributed by atoms with van der Waals surface area (Å²) in [6.45, 7) is 4.28. The summed E-state index contributed by atoms with van der Waals surface area (Å²) in [6.07, 6.45) is 2.21. The molecule has 25 heavy (non-hydrogen) atoms. The summed E-state index contributed by atoms with van der Waals surface area (Å²) in [5.74, 6) is -0.110. The largest absolute Gasteiger partial charge is 0.344 e. The van der Waals surface area contributed by atoms with E-state index in [9.17, 15) is 9.59 Å². The van der Waals surface area contributed by atoms with Crippen LogP contribution in [-0.4, -0.2) is 38.9 Å².